The first-order chi connectivity index (χ1) is 8.08. The molecule has 0 bridgehead atoms. The van der Waals surface area contributed by atoms with E-state index in [0.717, 1.165) is 30.3 Å². The van der Waals surface area contributed by atoms with E-state index in [0.29, 0.717) is 9.26 Å². The highest BCUT2D eigenvalue weighted by Crippen LogP contribution is 2.28. The van der Waals surface area contributed by atoms with E-state index in [1.54, 1.807) is 17.8 Å². The Hall–Kier alpha value is -0.0100. The van der Waals surface area contributed by atoms with Crippen LogP contribution in [0.4, 0.5) is 10.1 Å². The van der Waals surface area contributed by atoms with Gasteiger partial charge in [0.2, 0.25) is 0 Å². The summed E-state index contributed by atoms with van der Waals surface area (Å²) >= 11 is 3.57. The Bertz CT molecular complexity index is 370. The molecule has 0 aliphatic heterocycles. The summed E-state index contributed by atoms with van der Waals surface area (Å²) in [7, 11) is 0. The van der Waals surface area contributed by atoms with Crippen LogP contribution in [0.1, 0.15) is 13.8 Å². The van der Waals surface area contributed by atoms with Crippen molar-refractivity contribution in [3.63, 3.8) is 0 Å². The summed E-state index contributed by atoms with van der Waals surface area (Å²) in [5.74, 6) is 0.747. The fourth-order valence-electron chi connectivity index (χ4n) is 1.49. The van der Waals surface area contributed by atoms with Crippen molar-refractivity contribution in [1.29, 1.82) is 0 Å². The van der Waals surface area contributed by atoms with Crippen molar-refractivity contribution in [3.8, 4) is 0 Å². The average molecular weight is 368 g/mol. The minimum absolute atomic E-state index is 0.190. The first-order valence-electron chi connectivity index (χ1n) is 5.68. The van der Waals surface area contributed by atoms with E-state index in [2.05, 4.69) is 18.7 Å². The maximum absolute atomic E-state index is 13.4. The fraction of sp³-hybridized carbons (Fsp3) is 0.500. The molecule has 0 atom stereocenters. The maximum Gasteiger partial charge on any atom is 0.137 e. The first-order valence-corrected chi connectivity index (χ1v) is 7.74. The lowest BCUT2D eigenvalue weighted by atomic mass is 10.3. The van der Waals surface area contributed by atoms with E-state index >= 15 is 0 Å². The smallest absolute Gasteiger partial charge is 0.137 e. The van der Waals surface area contributed by atoms with Crippen molar-refractivity contribution in [1.82, 2.24) is 4.90 Å². The summed E-state index contributed by atoms with van der Waals surface area (Å²) < 4.78 is 14.0. The topological polar surface area (TPSA) is 29.3 Å². The van der Waals surface area contributed by atoms with Gasteiger partial charge in [-0.2, -0.15) is 0 Å². The van der Waals surface area contributed by atoms with Gasteiger partial charge < -0.3 is 10.6 Å². The van der Waals surface area contributed by atoms with Gasteiger partial charge in [-0.1, -0.05) is 13.8 Å². The molecule has 0 saturated heterocycles. The van der Waals surface area contributed by atoms with Crippen molar-refractivity contribution < 1.29 is 4.39 Å². The molecule has 96 valence electrons. The number of hydrogen-bond donors (Lipinski definition) is 1. The molecule has 0 aliphatic carbocycles. The molecule has 2 N–H and O–H groups in total. The molecule has 0 amide bonds. The third kappa shape index (κ3) is 4.63. The monoisotopic (exact) mass is 368 g/mol. The number of hydrogen-bond acceptors (Lipinski definition) is 3. The van der Waals surface area contributed by atoms with Crippen LogP contribution < -0.4 is 5.73 Å². The SMILES string of the molecule is CCN(CC)CCSc1cc(F)c(I)cc1N. The predicted octanol–water partition coefficient (Wildman–Crippen LogP) is 3.45. The third-order valence-electron chi connectivity index (χ3n) is 2.61. The Morgan fingerprint density at radius 2 is 2.00 bits per heavy atom. The van der Waals surface area contributed by atoms with Gasteiger partial charge in [0.15, 0.2) is 0 Å². The van der Waals surface area contributed by atoms with Gasteiger partial charge in [-0.25, -0.2) is 4.39 Å². The van der Waals surface area contributed by atoms with Crippen LogP contribution in [0.15, 0.2) is 17.0 Å². The van der Waals surface area contributed by atoms with E-state index in [1.807, 2.05) is 22.6 Å². The second-order valence-electron chi connectivity index (χ2n) is 3.68. The molecule has 0 heterocycles. The van der Waals surface area contributed by atoms with Crippen LogP contribution in [0.5, 0.6) is 0 Å². The summed E-state index contributed by atoms with van der Waals surface area (Å²) in [5, 5.41) is 0. The van der Waals surface area contributed by atoms with Crippen LogP contribution in [0, 0.1) is 9.39 Å². The van der Waals surface area contributed by atoms with Crippen LogP contribution in [-0.2, 0) is 0 Å². The minimum atomic E-state index is -0.190. The molecule has 0 spiro atoms. The highest BCUT2D eigenvalue weighted by Gasteiger charge is 2.07. The van der Waals surface area contributed by atoms with Gasteiger partial charge in [-0.15, -0.1) is 11.8 Å². The second-order valence-corrected chi connectivity index (χ2v) is 5.98. The number of halogens is 2. The van der Waals surface area contributed by atoms with Crippen molar-refractivity contribution in [3.05, 3.63) is 21.5 Å². The largest absolute Gasteiger partial charge is 0.398 e. The van der Waals surface area contributed by atoms with Crippen LogP contribution in [0.3, 0.4) is 0 Å². The number of rotatable bonds is 6. The zero-order chi connectivity index (χ0) is 12.8. The number of thioether (sulfide) groups is 1. The molecule has 0 aliphatic rings. The second kappa shape index (κ2) is 7.43. The number of anilines is 1. The molecule has 1 aromatic rings. The average Bonchev–Trinajstić information content (AvgIpc) is 2.31. The molecular weight excluding hydrogens is 350 g/mol. The molecular formula is C12H18FIN2S. The Labute approximate surface area is 120 Å². The minimum Gasteiger partial charge on any atom is -0.398 e. The molecule has 1 rings (SSSR count). The zero-order valence-corrected chi connectivity index (χ0v) is 13.1. The fourth-order valence-corrected chi connectivity index (χ4v) is 2.97. The number of nitrogens with two attached hydrogens (primary N) is 1. The summed E-state index contributed by atoms with van der Waals surface area (Å²) in [6, 6.07) is 3.22. The Morgan fingerprint density at radius 1 is 1.35 bits per heavy atom. The van der Waals surface area contributed by atoms with Gasteiger partial charge in [0.25, 0.3) is 0 Å². The van der Waals surface area contributed by atoms with Crippen LogP contribution >= 0.6 is 34.4 Å². The van der Waals surface area contributed by atoms with Gasteiger partial charge in [-0.3, -0.25) is 0 Å². The molecule has 0 radical (unpaired) electrons. The van der Waals surface area contributed by atoms with Gasteiger partial charge in [-0.05, 0) is 47.8 Å². The van der Waals surface area contributed by atoms with E-state index in [9.17, 15) is 4.39 Å². The molecule has 2 nitrogen and oxygen atoms in total. The number of nitrogens with zero attached hydrogens (tertiary/aromatic N) is 1. The Kier molecular flexibility index (Phi) is 6.58. The number of benzene rings is 1. The summed E-state index contributed by atoms with van der Waals surface area (Å²) in [6.07, 6.45) is 0. The lowest BCUT2D eigenvalue weighted by Crippen LogP contribution is -2.25. The first kappa shape index (κ1) is 15.0. The normalized spacial score (nSPS) is 11.1. The molecule has 5 heteroatoms. The van der Waals surface area contributed by atoms with Gasteiger partial charge in [0.1, 0.15) is 5.82 Å². The summed E-state index contributed by atoms with van der Waals surface area (Å²) in [4.78, 5) is 3.18. The van der Waals surface area contributed by atoms with Crippen LogP contribution in [0.2, 0.25) is 0 Å². The van der Waals surface area contributed by atoms with Gasteiger partial charge in [0, 0.05) is 22.9 Å². The Morgan fingerprint density at radius 3 is 2.59 bits per heavy atom. The van der Waals surface area contributed by atoms with Crippen molar-refractivity contribution in [2.45, 2.75) is 18.7 Å². The quantitative estimate of drug-likeness (QED) is 0.474. The van der Waals surface area contributed by atoms with E-state index < -0.39 is 0 Å². The van der Waals surface area contributed by atoms with Crippen LogP contribution in [-0.4, -0.2) is 30.3 Å². The lowest BCUT2D eigenvalue weighted by Gasteiger charge is -2.17. The molecule has 0 saturated carbocycles. The molecule has 1 aromatic carbocycles. The molecule has 0 fully saturated rings. The standard InChI is InChI=1S/C12H18FIN2S/c1-3-16(4-2)5-6-17-12-7-9(13)10(14)8-11(12)15/h7-8H,3-6,15H2,1-2H3. The molecule has 0 aromatic heterocycles. The van der Waals surface area contributed by atoms with E-state index in [1.165, 1.54) is 6.07 Å². The predicted molar refractivity (Wildman–Crippen MR) is 82.0 cm³/mol. The Balaban J connectivity index is 2.55. The van der Waals surface area contributed by atoms with Crippen molar-refractivity contribution in [2.24, 2.45) is 0 Å². The zero-order valence-electron chi connectivity index (χ0n) is 10.2. The lowest BCUT2D eigenvalue weighted by molar-refractivity contribution is 0.324. The highest BCUT2D eigenvalue weighted by atomic mass is 127. The van der Waals surface area contributed by atoms with Gasteiger partial charge in [0.05, 0.1) is 3.57 Å². The summed E-state index contributed by atoms with van der Waals surface area (Å²) in [6.45, 7) is 7.39. The number of nitrogen functional groups attached to an aromatic ring is 1. The molecule has 17 heavy (non-hydrogen) atoms. The van der Waals surface area contributed by atoms with Crippen molar-refractivity contribution in [2.75, 3.05) is 31.1 Å². The third-order valence-corrected chi connectivity index (χ3v) is 4.49. The van der Waals surface area contributed by atoms with Gasteiger partial charge >= 0.3 is 0 Å². The highest BCUT2D eigenvalue weighted by molar-refractivity contribution is 14.1. The maximum atomic E-state index is 13.4. The molecule has 0 unspecified atom stereocenters. The van der Waals surface area contributed by atoms with E-state index in [-0.39, 0.29) is 5.82 Å². The van der Waals surface area contributed by atoms with Crippen LogP contribution in [0.25, 0.3) is 0 Å². The summed E-state index contributed by atoms with van der Waals surface area (Å²) in [5.41, 5.74) is 6.53. The van der Waals surface area contributed by atoms with E-state index in [4.69, 9.17) is 5.73 Å². The van der Waals surface area contributed by atoms with Crippen molar-refractivity contribution >= 4 is 40.0 Å².